The number of H-pyrrole nitrogens is 1. The van der Waals surface area contributed by atoms with Crippen LogP contribution in [0.15, 0.2) is 35.5 Å². The number of hydrogen-bond acceptors (Lipinski definition) is 5. The zero-order valence-corrected chi connectivity index (χ0v) is 11.9. The summed E-state index contributed by atoms with van der Waals surface area (Å²) in [5, 5.41) is 0. The van der Waals surface area contributed by atoms with E-state index in [0.29, 0.717) is 11.6 Å². The van der Waals surface area contributed by atoms with Crippen LogP contribution in [0.4, 0.5) is 0 Å². The molecular weight excluding hydrogens is 282 g/mol. The fourth-order valence-electron chi connectivity index (χ4n) is 1.63. The first-order chi connectivity index (χ1) is 9.56. The highest BCUT2D eigenvalue weighted by Gasteiger charge is 2.20. The number of sulfonamides is 1. The second-order valence-corrected chi connectivity index (χ2v) is 5.61. The maximum absolute atomic E-state index is 12.3. The molecule has 2 aromatic rings. The van der Waals surface area contributed by atoms with Crippen LogP contribution in [0.25, 0.3) is 0 Å². The minimum atomic E-state index is -3.73. The third-order valence-electron chi connectivity index (χ3n) is 2.64. The lowest BCUT2D eigenvalue weighted by molar-refractivity contribution is 0.392. The summed E-state index contributed by atoms with van der Waals surface area (Å²) in [5.41, 5.74) is 0. The number of nitrogens with one attached hydrogen (secondary N) is 2. The zero-order chi connectivity index (χ0) is 14.6. The van der Waals surface area contributed by atoms with E-state index in [0.717, 1.165) is 0 Å². The summed E-state index contributed by atoms with van der Waals surface area (Å²) in [7, 11) is -0.850. The van der Waals surface area contributed by atoms with E-state index in [2.05, 4.69) is 14.7 Å². The Morgan fingerprint density at radius 3 is 2.70 bits per heavy atom. The number of methoxy groups -OCH3 is 2. The molecule has 1 aromatic heterocycles. The molecule has 2 rings (SSSR count). The molecule has 2 N–H and O–H groups in total. The van der Waals surface area contributed by atoms with Crippen LogP contribution < -0.4 is 14.2 Å². The van der Waals surface area contributed by atoms with E-state index in [9.17, 15) is 8.42 Å². The Bertz CT molecular complexity index is 668. The molecule has 7 nitrogen and oxygen atoms in total. The molecule has 8 heteroatoms. The molecule has 0 atom stereocenters. The predicted octanol–water partition coefficient (Wildman–Crippen LogP) is 0.905. The van der Waals surface area contributed by atoms with E-state index in [4.69, 9.17) is 9.47 Å². The molecule has 0 aliphatic heterocycles. The third kappa shape index (κ3) is 3.09. The average molecular weight is 297 g/mol. The van der Waals surface area contributed by atoms with Gasteiger partial charge in [-0.1, -0.05) is 0 Å². The molecule has 108 valence electrons. The normalized spacial score (nSPS) is 11.3. The highest BCUT2D eigenvalue weighted by molar-refractivity contribution is 7.89. The van der Waals surface area contributed by atoms with Crippen molar-refractivity contribution in [1.82, 2.24) is 14.7 Å². The van der Waals surface area contributed by atoms with Gasteiger partial charge in [0.1, 0.15) is 22.2 Å². The molecule has 0 spiro atoms. The Balaban J connectivity index is 2.28. The number of ether oxygens (including phenoxy) is 2. The van der Waals surface area contributed by atoms with Gasteiger partial charge in [0.05, 0.1) is 20.8 Å². The standard InChI is InChI=1S/C12H15N3O4S/c1-18-9-3-4-10(19-2)11(7-9)20(16,17)15-8-12-13-5-6-14-12/h3-7,15H,8H2,1-2H3,(H,13,14). The summed E-state index contributed by atoms with van der Waals surface area (Å²) in [4.78, 5) is 6.79. The van der Waals surface area contributed by atoms with E-state index in [-0.39, 0.29) is 17.2 Å². The Hall–Kier alpha value is -2.06. The first-order valence-electron chi connectivity index (χ1n) is 5.77. The SMILES string of the molecule is COc1ccc(OC)c(S(=O)(=O)NCc2ncc[nH]2)c1. The fraction of sp³-hybridized carbons (Fsp3) is 0.250. The Morgan fingerprint density at radius 2 is 2.10 bits per heavy atom. The van der Waals surface area contributed by atoms with E-state index in [1.54, 1.807) is 24.5 Å². The van der Waals surface area contributed by atoms with Crippen LogP contribution in [0.5, 0.6) is 11.5 Å². The lowest BCUT2D eigenvalue weighted by Gasteiger charge is -2.11. The molecule has 0 amide bonds. The minimum Gasteiger partial charge on any atom is -0.497 e. The second kappa shape index (κ2) is 5.93. The second-order valence-electron chi connectivity index (χ2n) is 3.88. The summed E-state index contributed by atoms with van der Waals surface area (Å²) in [6, 6.07) is 4.58. The molecule has 0 bridgehead atoms. The summed E-state index contributed by atoms with van der Waals surface area (Å²) in [6.45, 7) is 0.0652. The van der Waals surface area contributed by atoms with Crippen LogP contribution in [0.1, 0.15) is 5.82 Å². The third-order valence-corrected chi connectivity index (χ3v) is 4.07. The largest absolute Gasteiger partial charge is 0.497 e. The molecule has 0 aliphatic carbocycles. The van der Waals surface area contributed by atoms with E-state index < -0.39 is 10.0 Å². The Morgan fingerprint density at radius 1 is 1.30 bits per heavy atom. The van der Waals surface area contributed by atoms with E-state index in [1.165, 1.54) is 20.3 Å². The van der Waals surface area contributed by atoms with Gasteiger partial charge >= 0.3 is 0 Å². The highest BCUT2D eigenvalue weighted by atomic mass is 32.2. The van der Waals surface area contributed by atoms with Crippen molar-refractivity contribution in [2.75, 3.05) is 14.2 Å². The summed E-state index contributed by atoms with van der Waals surface area (Å²) >= 11 is 0. The van der Waals surface area contributed by atoms with Crippen LogP contribution in [-0.4, -0.2) is 32.6 Å². The molecule has 0 saturated heterocycles. The molecule has 0 unspecified atom stereocenters. The molecule has 0 radical (unpaired) electrons. The Labute approximate surface area is 117 Å². The van der Waals surface area contributed by atoms with Gasteiger partial charge < -0.3 is 14.5 Å². The van der Waals surface area contributed by atoms with Crippen molar-refractivity contribution in [2.24, 2.45) is 0 Å². The summed E-state index contributed by atoms with van der Waals surface area (Å²) in [6.07, 6.45) is 3.17. The molecule has 20 heavy (non-hydrogen) atoms. The number of imidazole rings is 1. The van der Waals surface area contributed by atoms with Gasteiger partial charge in [-0.05, 0) is 12.1 Å². The number of aromatic amines is 1. The van der Waals surface area contributed by atoms with Crippen LogP contribution in [0.3, 0.4) is 0 Å². The summed E-state index contributed by atoms with van der Waals surface area (Å²) < 4.78 is 37.1. The topological polar surface area (TPSA) is 93.3 Å². The monoisotopic (exact) mass is 297 g/mol. The molecule has 1 heterocycles. The van der Waals surface area contributed by atoms with Gasteiger partial charge in [-0.15, -0.1) is 0 Å². The van der Waals surface area contributed by atoms with Crippen molar-refractivity contribution >= 4 is 10.0 Å². The van der Waals surface area contributed by atoms with Crippen LogP contribution in [0.2, 0.25) is 0 Å². The van der Waals surface area contributed by atoms with Crippen molar-refractivity contribution in [3.63, 3.8) is 0 Å². The van der Waals surface area contributed by atoms with Crippen molar-refractivity contribution in [3.05, 3.63) is 36.4 Å². The minimum absolute atomic E-state index is 0.0194. The van der Waals surface area contributed by atoms with Crippen molar-refractivity contribution in [1.29, 1.82) is 0 Å². The Kier molecular flexibility index (Phi) is 4.26. The first-order valence-corrected chi connectivity index (χ1v) is 7.25. The van der Waals surface area contributed by atoms with E-state index in [1.807, 2.05) is 0 Å². The summed E-state index contributed by atoms with van der Waals surface area (Å²) in [5.74, 6) is 1.21. The van der Waals surface area contributed by atoms with Gasteiger partial charge in [-0.25, -0.2) is 18.1 Å². The van der Waals surface area contributed by atoms with Crippen LogP contribution >= 0.6 is 0 Å². The number of nitrogens with zero attached hydrogens (tertiary/aromatic N) is 1. The molecular formula is C12H15N3O4S. The lowest BCUT2D eigenvalue weighted by atomic mass is 10.3. The predicted molar refractivity (Wildman–Crippen MR) is 72.2 cm³/mol. The first kappa shape index (κ1) is 14.4. The molecule has 1 aromatic carbocycles. The number of benzene rings is 1. The molecule has 0 aliphatic rings. The maximum atomic E-state index is 12.3. The van der Waals surface area contributed by atoms with Gasteiger partial charge in [-0.2, -0.15) is 0 Å². The van der Waals surface area contributed by atoms with Gasteiger partial charge in [0, 0.05) is 18.5 Å². The van der Waals surface area contributed by atoms with Gasteiger partial charge in [-0.3, -0.25) is 0 Å². The number of rotatable bonds is 6. The van der Waals surface area contributed by atoms with Crippen LogP contribution in [-0.2, 0) is 16.6 Å². The number of hydrogen-bond donors (Lipinski definition) is 2. The van der Waals surface area contributed by atoms with E-state index >= 15 is 0 Å². The van der Waals surface area contributed by atoms with Gasteiger partial charge in [0.2, 0.25) is 10.0 Å². The van der Waals surface area contributed by atoms with Crippen molar-refractivity contribution in [3.8, 4) is 11.5 Å². The van der Waals surface area contributed by atoms with Crippen molar-refractivity contribution < 1.29 is 17.9 Å². The fourth-order valence-corrected chi connectivity index (χ4v) is 2.80. The zero-order valence-electron chi connectivity index (χ0n) is 11.1. The highest BCUT2D eigenvalue weighted by Crippen LogP contribution is 2.27. The lowest BCUT2D eigenvalue weighted by Crippen LogP contribution is -2.24. The quantitative estimate of drug-likeness (QED) is 0.826. The van der Waals surface area contributed by atoms with Gasteiger partial charge in [0.25, 0.3) is 0 Å². The molecule has 0 fully saturated rings. The smallest absolute Gasteiger partial charge is 0.244 e. The number of aromatic nitrogens is 2. The average Bonchev–Trinajstić information content (AvgIpc) is 2.98. The van der Waals surface area contributed by atoms with Crippen molar-refractivity contribution in [2.45, 2.75) is 11.4 Å². The molecule has 0 saturated carbocycles. The van der Waals surface area contributed by atoms with Gasteiger partial charge in [0.15, 0.2) is 0 Å². The maximum Gasteiger partial charge on any atom is 0.244 e. The van der Waals surface area contributed by atoms with Crippen LogP contribution in [0, 0.1) is 0 Å².